The molecule has 0 saturated heterocycles. The van der Waals surface area contributed by atoms with E-state index in [0.29, 0.717) is 5.92 Å². The van der Waals surface area contributed by atoms with E-state index in [2.05, 4.69) is 23.4 Å². The van der Waals surface area contributed by atoms with Crippen LogP contribution in [0.4, 0.5) is 0 Å². The fraction of sp³-hybridized carbons (Fsp3) is 0.700. The molecule has 2 N–H and O–H groups in total. The first kappa shape index (κ1) is 8.75. The first-order chi connectivity index (χ1) is 6.04. The van der Waals surface area contributed by atoms with E-state index in [1.807, 2.05) is 13.4 Å². The summed E-state index contributed by atoms with van der Waals surface area (Å²) in [6.07, 6.45) is 4.05. The van der Waals surface area contributed by atoms with Crippen LogP contribution in [0.5, 0.6) is 0 Å². The van der Waals surface area contributed by atoms with Gasteiger partial charge in [-0.2, -0.15) is 0 Å². The highest BCUT2D eigenvalue weighted by Crippen LogP contribution is 2.44. The van der Waals surface area contributed by atoms with E-state index < -0.39 is 0 Å². The van der Waals surface area contributed by atoms with Crippen LogP contribution in [0, 0.1) is 0 Å². The number of aryl methyl sites for hydroxylation is 1. The molecule has 0 aliphatic heterocycles. The lowest BCUT2D eigenvalue weighted by atomic mass is 10.0. The van der Waals surface area contributed by atoms with Gasteiger partial charge in [-0.25, -0.2) is 4.98 Å². The van der Waals surface area contributed by atoms with Gasteiger partial charge < -0.3 is 10.3 Å². The van der Waals surface area contributed by atoms with Crippen molar-refractivity contribution in [3.8, 4) is 0 Å². The van der Waals surface area contributed by atoms with Gasteiger partial charge >= 0.3 is 0 Å². The molecule has 1 saturated carbocycles. The number of hydrogen-bond acceptors (Lipinski definition) is 2. The third kappa shape index (κ3) is 1.27. The summed E-state index contributed by atoms with van der Waals surface area (Å²) in [6, 6.07) is 0. The third-order valence-corrected chi connectivity index (χ3v) is 2.79. The van der Waals surface area contributed by atoms with Gasteiger partial charge in [-0.15, -0.1) is 0 Å². The minimum Gasteiger partial charge on any atom is -0.337 e. The van der Waals surface area contributed by atoms with E-state index in [9.17, 15) is 0 Å². The van der Waals surface area contributed by atoms with Crippen LogP contribution in [0.3, 0.4) is 0 Å². The van der Waals surface area contributed by atoms with Crippen molar-refractivity contribution >= 4 is 0 Å². The molecule has 1 fully saturated rings. The van der Waals surface area contributed by atoms with Crippen molar-refractivity contribution in [2.45, 2.75) is 38.1 Å². The Labute approximate surface area is 79.0 Å². The van der Waals surface area contributed by atoms with E-state index in [1.165, 1.54) is 5.69 Å². The maximum absolute atomic E-state index is 6.14. The largest absolute Gasteiger partial charge is 0.337 e. The lowest BCUT2D eigenvalue weighted by Gasteiger charge is -2.13. The molecule has 0 aromatic carbocycles. The fourth-order valence-corrected chi connectivity index (χ4v) is 1.88. The van der Waals surface area contributed by atoms with Crippen molar-refractivity contribution < 1.29 is 0 Å². The van der Waals surface area contributed by atoms with Crippen LogP contribution in [-0.4, -0.2) is 9.55 Å². The van der Waals surface area contributed by atoms with Gasteiger partial charge in [-0.1, -0.05) is 13.8 Å². The molecular weight excluding hydrogens is 162 g/mol. The first-order valence-corrected chi connectivity index (χ1v) is 4.85. The summed E-state index contributed by atoms with van der Waals surface area (Å²) in [6.45, 7) is 4.37. The molecule has 3 nitrogen and oxygen atoms in total. The van der Waals surface area contributed by atoms with E-state index in [0.717, 1.165) is 18.5 Å². The predicted octanol–water partition coefficient (Wildman–Crippen LogP) is 1.49. The fourth-order valence-electron chi connectivity index (χ4n) is 1.88. The van der Waals surface area contributed by atoms with Crippen molar-refractivity contribution in [3.63, 3.8) is 0 Å². The van der Waals surface area contributed by atoms with Crippen LogP contribution < -0.4 is 5.73 Å². The van der Waals surface area contributed by atoms with Crippen molar-refractivity contribution in [3.05, 3.63) is 17.7 Å². The molecule has 13 heavy (non-hydrogen) atoms. The van der Waals surface area contributed by atoms with Crippen molar-refractivity contribution in [1.82, 2.24) is 9.55 Å². The molecule has 0 spiro atoms. The Morgan fingerprint density at radius 1 is 1.54 bits per heavy atom. The molecular formula is C10H17N3. The maximum Gasteiger partial charge on any atom is 0.0949 e. The molecule has 1 aliphatic carbocycles. The van der Waals surface area contributed by atoms with Gasteiger partial charge in [0, 0.05) is 12.7 Å². The molecule has 0 atom stereocenters. The summed E-state index contributed by atoms with van der Waals surface area (Å²) in [7, 11) is 2.04. The Kier molecular flexibility index (Phi) is 1.74. The summed E-state index contributed by atoms with van der Waals surface area (Å²) in [5.74, 6) is 0.503. The SMILES string of the molecule is CC(C)c1c(C2(N)CC2)ncn1C. The van der Waals surface area contributed by atoms with Gasteiger partial charge in [0.25, 0.3) is 0 Å². The van der Waals surface area contributed by atoms with Crippen LogP contribution in [0.15, 0.2) is 6.33 Å². The maximum atomic E-state index is 6.14. The molecule has 72 valence electrons. The van der Waals surface area contributed by atoms with Gasteiger partial charge in [-0.3, -0.25) is 0 Å². The monoisotopic (exact) mass is 179 g/mol. The molecule has 3 heteroatoms. The topological polar surface area (TPSA) is 43.8 Å². The minimum absolute atomic E-state index is 0.0964. The molecule has 1 heterocycles. The predicted molar refractivity (Wildman–Crippen MR) is 52.4 cm³/mol. The molecule has 0 unspecified atom stereocenters. The highest BCUT2D eigenvalue weighted by atomic mass is 15.1. The molecule has 0 radical (unpaired) electrons. The van der Waals surface area contributed by atoms with Gasteiger partial charge in [0.2, 0.25) is 0 Å². The van der Waals surface area contributed by atoms with Crippen LogP contribution >= 0.6 is 0 Å². The Hall–Kier alpha value is -0.830. The quantitative estimate of drug-likeness (QED) is 0.747. The van der Waals surface area contributed by atoms with E-state index in [-0.39, 0.29) is 5.54 Å². The average molecular weight is 179 g/mol. The van der Waals surface area contributed by atoms with Crippen molar-refractivity contribution in [2.24, 2.45) is 12.8 Å². The van der Waals surface area contributed by atoms with Crippen molar-refractivity contribution in [1.29, 1.82) is 0 Å². The number of nitrogens with two attached hydrogens (primary N) is 1. The molecule has 1 aromatic heterocycles. The molecule has 1 aliphatic rings. The second-order valence-electron chi connectivity index (χ2n) is 4.40. The Balaban J connectivity index is 2.46. The summed E-state index contributed by atoms with van der Waals surface area (Å²) in [4.78, 5) is 4.41. The van der Waals surface area contributed by atoms with E-state index in [4.69, 9.17) is 5.73 Å². The molecule has 1 aromatic rings. The minimum atomic E-state index is -0.0964. The highest BCUT2D eigenvalue weighted by Gasteiger charge is 2.44. The van der Waals surface area contributed by atoms with Gasteiger partial charge in [0.05, 0.1) is 17.6 Å². The molecule has 0 bridgehead atoms. The second kappa shape index (κ2) is 2.58. The summed E-state index contributed by atoms with van der Waals surface area (Å²) < 4.78 is 2.09. The van der Waals surface area contributed by atoms with Gasteiger partial charge in [0.1, 0.15) is 0 Å². The lowest BCUT2D eigenvalue weighted by molar-refractivity contribution is 0.662. The number of hydrogen-bond donors (Lipinski definition) is 1. The zero-order valence-corrected chi connectivity index (χ0v) is 8.54. The number of imidazole rings is 1. The van der Waals surface area contributed by atoms with Crippen LogP contribution in [-0.2, 0) is 12.6 Å². The summed E-state index contributed by atoms with van der Waals surface area (Å²) in [5.41, 5.74) is 8.46. The third-order valence-electron chi connectivity index (χ3n) is 2.79. The standard InChI is InChI=1S/C10H17N3/c1-7(2)8-9(10(11)4-5-10)12-6-13(8)3/h6-7H,4-5,11H2,1-3H3. The van der Waals surface area contributed by atoms with Crippen molar-refractivity contribution in [2.75, 3.05) is 0 Å². The summed E-state index contributed by atoms with van der Waals surface area (Å²) in [5, 5.41) is 0. The summed E-state index contributed by atoms with van der Waals surface area (Å²) >= 11 is 0. The van der Waals surface area contributed by atoms with E-state index >= 15 is 0 Å². The van der Waals surface area contributed by atoms with Crippen LogP contribution in [0.2, 0.25) is 0 Å². The average Bonchev–Trinajstić information content (AvgIpc) is 2.63. The molecule has 2 rings (SSSR count). The Morgan fingerprint density at radius 2 is 2.15 bits per heavy atom. The van der Waals surface area contributed by atoms with E-state index in [1.54, 1.807) is 0 Å². The smallest absolute Gasteiger partial charge is 0.0949 e. The second-order valence-corrected chi connectivity index (χ2v) is 4.40. The van der Waals surface area contributed by atoms with Crippen LogP contribution in [0.1, 0.15) is 44.0 Å². The van der Waals surface area contributed by atoms with Gasteiger partial charge in [0.15, 0.2) is 0 Å². The zero-order valence-electron chi connectivity index (χ0n) is 8.54. The van der Waals surface area contributed by atoms with Gasteiger partial charge in [-0.05, 0) is 18.8 Å². The molecule has 0 amide bonds. The number of aromatic nitrogens is 2. The Morgan fingerprint density at radius 3 is 2.62 bits per heavy atom. The van der Waals surface area contributed by atoms with Crippen LogP contribution in [0.25, 0.3) is 0 Å². The normalized spacial score (nSPS) is 19.5. The Bertz CT molecular complexity index is 321. The lowest BCUT2D eigenvalue weighted by Crippen LogP contribution is -2.22. The zero-order chi connectivity index (χ0) is 9.64. The first-order valence-electron chi connectivity index (χ1n) is 4.85. The number of nitrogens with zero attached hydrogens (tertiary/aromatic N) is 2. The number of rotatable bonds is 2. The highest BCUT2D eigenvalue weighted by molar-refractivity contribution is 5.29.